The molecule has 3 nitrogen and oxygen atoms in total. The maximum absolute atomic E-state index is 5.64. The van der Waals surface area contributed by atoms with Gasteiger partial charge in [-0.3, -0.25) is 0 Å². The van der Waals surface area contributed by atoms with Crippen LogP contribution in [-0.4, -0.2) is 18.2 Å². The zero-order chi connectivity index (χ0) is 14.4. The van der Waals surface area contributed by atoms with Gasteiger partial charge in [0.25, 0.3) is 0 Å². The molecule has 0 saturated carbocycles. The molecule has 0 heterocycles. The fraction of sp³-hybridized carbons (Fsp3) is 0.133. The fourth-order valence-corrected chi connectivity index (χ4v) is 2.07. The van der Waals surface area contributed by atoms with Crippen LogP contribution in [0.5, 0.6) is 11.5 Å². The predicted octanol–water partition coefficient (Wildman–Crippen LogP) is 3.54. The molecule has 5 heteroatoms. The summed E-state index contributed by atoms with van der Waals surface area (Å²) in [6, 6.07) is 15.1. The molecular formula is C15H14BrNO2S. The van der Waals surface area contributed by atoms with E-state index in [9.17, 15) is 0 Å². The third-order valence-corrected chi connectivity index (χ3v) is 3.32. The number of ether oxygens (including phenoxy) is 2. The first-order valence-corrected chi connectivity index (χ1v) is 7.27. The molecule has 0 radical (unpaired) electrons. The van der Waals surface area contributed by atoms with Crippen LogP contribution >= 0.6 is 28.1 Å². The molecule has 0 amide bonds. The zero-order valence-corrected chi connectivity index (χ0v) is 13.1. The molecule has 0 saturated heterocycles. The molecule has 0 atom stereocenters. The second-order valence-electron chi connectivity index (χ2n) is 4.01. The van der Waals surface area contributed by atoms with Gasteiger partial charge in [-0.1, -0.05) is 40.3 Å². The number of hydrogen-bond donors (Lipinski definition) is 1. The number of halogens is 1. The quantitative estimate of drug-likeness (QED) is 0.638. The Bertz CT molecular complexity index is 587. The molecule has 0 aliphatic heterocycles. The van der Waals surface area contributed by atoms with Crippen LogP contribution in [0.2, 0.25) is 0 Å². The summed E-state index contributed by atoms with van der Waals surface area (Å²) in [5.41, 5.74) is 6.38. The van der Waals surface area contributed by atoms with Crippen molar-refractivity contribution in [1.29, 1.82) is 0 Å². The van der Waals surface area contributed by atoms with Gasteiger partial charge in [-0.25, -0.2) is 0 Å². The zero-order valence-electron chi connectivity index (χ0n) is 10.7. The third-order valence-electron chi connectivity index (χ3n) is 2.58. The number of para-hydroxylation sites is 1. The summed E-state index contributed by atoms with van der Waals surface area (Å²) >= 11 is 8.35. The van der Waals surface area contributed by atoms with E-state index in [1.54, 1.807) is 0 Å². The number of benzene rings is 2. The Kier molecular flexibility index (Phi) is 5.38. The van der Waals surface area contributed by atoms with Crippen LogP contribution in [0.3, 0.4) is 0 Å². The van der Waals surface area contributed by atoms with Gasteiger partial charge in [0.1, 0.15) is 29.7 Å². The first-order valence-electron chi connectivity index (χ1n) is 6.07. The second kappa shape index (κ2) is 7.26. The van der Waals surface area contributed by atoms with Crippen LogP contribution in [0.15, 0.2) is 53.0 Å². The minimum absolute atomic E-state index is 0.328. The lowest BCUT2D eigenvalue weighted by atomic mass is 10.2. The number of thiocarbonyl (C=S) groups is 1. The van der Waals surface area contributed by atoms with Crippen molar-refractivity contribution in [2.24, 2.45) is 5.73 Å². The smallest absolute Gasteiger partial charge is 0.129 e. The first-order chi connectivity index (χ1) is 9.66. The van der Waals surface area contributed by atoms with E-state index in [1.165, 1.54) is 0 Å². The Hall–Kier alpha value is -1.59. The molecule has 0 unspecified atom stereocenters. The minimum atomic E-state index is 0.328. The van der Waals surface area contributed by atoms with Gasteiger partial charge in [-0.2, -0.15) is 0 Å². The Morgan fingerprint density at radius 1 is 1.00 bits per heavy atom. The van der Waals surface area contributed by atoms with Gasteiger partial charge in [-0.15, -0.1) is 0 Å². The fourth-order valence-electron chi connectivity index (χ4n) is 1.64. The van der Waals surface area contributed by atoms with Crippen molar-refractivity contribution in [2.45, 2.75) is 0 Å². The highest BCUT2D eigenvalue weighted by atomic mass is 79.9. The van der Waals surface area contributed by atoms with Gasteiger partial charge < -0.3 is 15.2 Å². The monoisotopic (exact) mass is 351 g/mol. The number of nitrogens with two attached hydrogens (primary N) is 1. The normalized spacial score (nSPS) is 10.1. The summed E-state index contributed by atoms with van der Waals surface area (Å²) in [6.45, 7) is 0.878. The van der Waals surface area contributed by atoms with E-state index >= 15 is 0 Å². The second-order valence-corrected chi connectivity index (χ2v) is 5.37. The highest BCUT2D eigenvalue weighted by molar-refractivity contribution is 9.10. The summed E-state index contributed by atoms with van der Waals surface area (Å²) in [7, 11) is 0. The lowest BCUT2D eigenvalue weighted by Crippen LogP contribution is -2.14. The van der Waals surface area contributed by atoms with Crippen molar-refractivity contribution >= 4 is 33.1 Å². The SMILES string of the molecule is NC(=S)c1ccccc1OCCOc1ccc(Br)cc1. The standard InChI is InChI=1S/C15H14BrNO2S/c16-11-5-7-12(8-6-11)18-9-10-19-14-4-2-1-3-13(14)15(17)20/h1-8H,9-10H2,(H2,17,20). The minimum Gasteiger partial charge on any atom is -0.490 e. The van der Waals surface area contributed by atoms with E-state index in [-0.39, 0.29) is 0 Å². The molecule has 0 aliphatic carbocycles. The van der Waals surface area contributed by atoms with Gasteiger partial charge in [0.2, 0.25) is 0 Å². The summed E-state index contributed by atoms with van der Waals surface area (Å²) in [5, 5.41) is 0. The molecule has 0 aliphatic rings. The summed E-state index contributed by atoms with van der Waals surface area (Å²) in [5.74, 6) is 1.49. The van der Waals surface area contributed by atoms with Crippen molar-refractivity contribution in [3.63, 3.8) is 0 Å². The van der Waals surface area contributed by atoms with Crippen LogP contribution < -0.4 is 15.2 Å². The molecular weight excluding hydrogens is 338 g/mol. The topological polar surface area (TPSA) is 44.5 Å². The first kappa shape index (κ1) is 14.8. The molecule has 0 spiro atoms. The molecule has 20 heavy (non-hydrogen) atoms. The highest BCUT2D eigenvalue weighted by Gasteiger charge is 2.05. The predicted molar refractivity (Wildman–Crippen MR) is 87.5 cm³/mol. The highest BCUT2D eigenvalue weighted by Crippen LogP contribution is 2.18. The summed E-state index contributed by atoms with van der Waals surface area (Å²) in [6.07, 6.45) is 0. The van der Waals surface area contributed by atoms with Gasteiger partial charge >= 0.3 is 0 Å². The van der Waals surface area contributed by atoms with E-state index in [0.717, 1.165) is 15.8 Å². The van der Waals surface area contributed by atoms with Gasteiger partial charge in [0.05, 0.1) is 5.56 Å². The van der Waals surface area contributed by atoms with E-state index < -0.39 is 0 Å². The summed E-state index contributed by atoms with van der Waals surface area (Å²) in [4.78, 5) is 0.328. The van der Waals surface area contributed by atoms with Crippen LogP contribution in [0.1, 0.15) is 5.56 Å². The van der Waals surface area contributed by atoms with Crippen molar-refractivity contribution in [3.05, 3.63) is 58.6 Å². The largest absolute Gasteiger partial charge is 0.490 e. The Morgan fingerprint density at radius 2 is 1.65 bits per heavy atom. The summed E-state index contributed by atoms with van der Waals surface area (Å²) < 4.78 is 12.2. The number of hydrogen-bond acceptors (Lipinski definition) is 3. The van der Waals surface area contributed by atoms with Crippen molar-refractivity contribution < 1.29 is 9.47 Å². The van der Waals surface area contributed by atoms with E-state index in [0.29, 0.717) is 24.0 Å². The number of rotatable bonds is 6. The lowest BCUT2D eigenvalue weighted by Gasteiger charge is -2.11. The Labute approximate surface area is 131 Å². The average molecular weight is 352 g/mol. The molecule has 2 rings (SSSR count). The van der Waals surface area contributed by atoms with Gasteiger partial charge in [0, 0.05) is 4.47 Å². The van der Waals surface area contributed by atoms with Crippen molar-refractivity contribution in [3.8, 4) is 11.5 Å². The van der Waals surface area contributed by atoms with Crippen molar-refractivity contribution in [2.75, 3.05) is 13.2 Å². The molecule has 0 fully saturated rings. The Morgan fingerprint density at radius 3 is 2.35 bits per heavy atom. The van der Waals surface area contributed by atoms with Gasteiger partial charge in [-0.05, 0) is 36.4 Å². The average Bonchev–Trinajstić information content (AvgIpc) is 2.46. The molecule has 0 aromatic heterocycles. The van der Waals surface area contributed by atoms with Crippen LogP contribution in [0.25, 0.3) is 0 Å². The van der Waals surface area contributed by atoms with E-state index in [1.807, 2.05) is 48.5 Å². The molecule has 2 N–H and O–H groups in total. The lowest BCUT2D eigenvalue weighted by molar-refractivity contribution is 0.217. The van der Waals surface area contributed by atoms with Crippen LogP contribution in [0, 0.1) is 0 Å². The maximum Gasteiger partial charge on any atom is 0.129 e. The molecule has 2 aromatic rings. The van der Waals surface area contributed by atoms with Crippen LogP contribution in [0.4, 0.5) is 0 Å². The van der Waals surface area contributed by atoms with Gasteiger partial charge in [0.15, 0.2) is 0 Å². The van der Waals surface area contributed by atoms with Crippen LogP contribution in [-0.2, 0) is 0 Å². The molecule has 104 valence electrons. The van der Waals surface area contributed by atoms with E-state index in [2.05, 4.69) is 15.9 Å². The molecule has 0 bridgehead atoms. The molecule has 2 aromatic carbocycles. The van der Waals surface area contributed by atoms with Crippen molar-refractivity contribution in [1.82, 2.24) is 0 Å². The van der Waals surface area contributed by atoms with E-state index in [4.69, 9.17) is 27.4 Å². The maximum atomic E-state index is 5.64. The third kappa shape index (κ3) is 4.21. The Balaban J connectivity index is 1.84.